The molecule has 0 N–H and O–H groups in total. The number of aryl methyl sites for hydroxylation is 2. The van der Waals surface area contributed by atoms with Gasteiger partial charge in [-0.05, 0) is 25.5 Å². The zero-order valence-electron chi connectivity index (χ0n) is 7.41. The minimum absolute atomic E-state index is 0.995. The summed E-state index contributed by atoms with van der Waals surface area (Å²) in [6.45, 7) is 4.17. The first-order valence-electron chi connectivity index (χ1n) is 4.24. The Bertz CT molecular complexity index is 401. The molecule has 12 heavy (non-hydrogen) atoms. The van der Waals surface area contributed by atoms with Gasteiger partial charge in [0.25, 0.3) is 0 Å². The normalized spacial score (nSPS) is 10.8. The Labute approximate surface area is 71.9 Å². The van der Waals surface area contributed by atoms with Gasteiger partial charge in [-0.25, -0.2) is 0 Å². The fourth-order valence-electron chi connectivity index (χ4n) is 1.45. The van der Waals surface area contributed by atoms with Crippen molar-refractivity contribution in [3.05, 3.63) is 35.9 Å². The number of hydrogen-bond acceptors (Lipinski definition) is 1. The lowest BCUT2D eigenvalue weighted by Gasteiger charge is -2.02. The van der Waals surface area contributed by atoms with E-state index in [2.05, 4.69) is 41.7 Å². The molecular formula is C10H12N2. The summed E-state index contributed by atoms with van der Waals surface area (Å²) < 4.78 is 2.13. The Kier molecular flexibility index (Phi) is 1.61. The smallest absolute Gasteiger partial charge is 0.0664 e. The summed E-state index contributed by atoms with van der Waals surface area (Å²) in [5.74, 6) is 0. The van der Waals surface area contributed by atoms with Crippen LogP contribution in [0.5, 0.6) is 0 Å². The number of nitrogens with zero attached hydrogens (tertiary/aromatic N) is 2. The van der Waals surface area contributed by atoms with E-state index < -0.39 is 0 Å². The SMILES string of the molecule is CCc1cn2cccc2c(C)n1. The fourth-order valence-corrected chi connectivity index (χ4v) is 1.45. The van der Waals surface area contributed by atoms with E-state index in [0.29, 0.717) is 0 Å². The molecule has 2 rings (SSSR count). The van der Waals surface area contributed by atoms with Gasteiger partial charge in [-0.1, -0.05) is 6.92 Å². The minimum atomic E-state index is 0.995. The van der Waals surface area contributed by atoms with Gasteiger partial charge in [0.1, 0.15) is 0 Å². The lowest BCUT2D eigenvalue weighted by atomic mass is 10.3. The molecule has 2 aromatic heterocycles. The molecule has 0 saturated heterocycles. The van der Waals surface area contributed by atoms with Gasteiger partial charge >= 0.3 is 0 Å². The van der Waals surface area contributed by atoms with Crippen molar-refractivity contribution in [1.29, 1.82) is 0 Å². The van der Waals surface area contributed by atoms with Crippen LogP contribution in [0.25, 0.3) is 5.52 Å². The first kappa shape index (κ1) is 7.35. The summed E-state index contributed by atoms with van der Waals surface area (Å²) in [6.07, 6.45) is 5.14. The molecule has 62 valence electrons. The minimum Gasteiger partial charge on any atom is -0.320 e. The van der Waals surface area contributed by atoms with Crippen molar-refractivity contribution in [1.82, 2.24) is 9.38 Å². The fraction of sp³-hybridized carbons (Fsp3) is 0.300. The van der Waals surface area contributed by atoms with Crippen LogP contribution < -0.4 is 0 Å². The zero-order valence-corrected chi connectivity index (χ0v) is 7.41. The molecule has 0 fully saturated rings. The van der Waals surface area contributed by atoms with Crippen molar-refractivity contribution in [3.8, 4) is 0 Å². The van der Waals surface area contributed by atoms with Gasteiger partial charge in [0, 0.05) is 12.4 Å². The average molecular weight is 160 g/mol. The van der Waals surface area contributed by atoms with Crippen molar-refractivity contribution < 1.29 is 0 Å². The van der Waals surface area contributed by atoms with E-state index in [-0.39, 0.29) is 0 Å². The van der Waals surface area contributed by atoms with E-state index in [4.69, 9.17) is 0 Å². The van der Waals surface area contributed by atoms with Gasteiger partial charge in [-0.2, -0.15) is 0 Å². The van der Waals surface area contributed by atoms with Crippen molar-refractivity contribution in [2.45, 2.75) is 20.3 Å². The predicted molar refractivity (Wildman–Crippen MR) is 49.3 cm³/mol. The summed E-state index contributed by atoms with van der Waals surface area (Å²) in [5.41, 5.74) is 3.46. The maximum atomic E-state index is 4.47. The molecule has 0 aliphatic rings. The second kappa shape index (κ2) is 2.63. The van der Waals surface area contributed by atoms with Gasteiger partial charge in [0.15, 0.2) is 0 Å². The van der Waals surface area contributed by atoms with Gasteiger partial charge in [-0.3, -0.25) is 4.98 Å². The number of aromatic nitrogens is 2. The van der Waals surface area contributed by atoms with Crippen LogP contribution in [0.2, 0.25) is 0 Å². The number of hydrogen-bond donors (Lipinski definition) is 0. The summed E-state index contributed by atoms with van der Waals surface area (Å²) in [5, 5.41) is 0. The van der Waals surface area contributed by atoms with Crippen LogP contribution in [0.15, 0.2) is 24.5 Å². The Hall–Kier alpha value is -1.31. The Morgan fingerprint density at radius 3 is 3.08 bits per heavy atom. The molecule has 0 spiro atoms. The predicted octanol–water partition coefficient (Wildman–Crippen LogP) is 2.21. The molecule has 0 saturated carbocycles. The molecule has 0 atom stereocenters. The Morgan fingerprint density at radius 2 is 2.33 bits per heavy atom. The van der Waals surface area contributed by atoms with Crippen LogP contribution in [-0.4, -0.2) is 9.38 Å². The van der Waals surface area contributed by atoms with Crippen molar-refractivity contribution in [2.75, 3.05) is 0 Å². The van der Waals surface area contributed by atoms with E-state index in [1.165, 1.54) is 5.52 Å². The molecule has 2 nitrogen and oxygen atoms in total. The van der Waals surface area contributed by atoms with Crippen molar-refractivity contribution in [2.24, 2.45) is 0 Å². The summed E-state index contributed by atoms with van der Waals surface area (Å²) in [7, 11) is 0. The first-order valence-corrected chi connectivity index (χ1v) is 4.24. The van der Waals surface area contributed by atoms with Crippen LogP contribution >= 0.6 is 0 Å². The molecule has 0 amide bonds. The second-order valence-corrected chi connectivity index (χ2v) is 2.97. The van der Waals surface area contributed by atoms with Gasteiger partial charge in [0.2, 0.25) is 0 Å². The third kappa shape index (κ3) is 0.998. The molecule has 2 heterocycles. The lowest BCUT2D eigenvalue weighted by molar-refractivity contribution is 0.960. The van der Waals surface area contributed by atoms with Crippen LogP contribution in [0.3, 0.4) is 0 Å². The van der Waals surface area contributed by atoms with Crippen molar-refractivity contribution in [3.63, 3.8) is 0 Å². The number of rotatable bonds is 1. The molecule has 0 aliphatic heterocycles. The van der Waals surface area contributed by atoms with Gasteiger partial charge in [0.05, 0.1) is 16.9 Å². The Balaban J connectivity index is 2.75. The molecule has 2 aromatic rings. The summed E-state index contributed by atoms with van der Waals surface area (Å²) in [4.78, 5) is 4.47. The summed E-state index contributed by atoms with van der Waals surface area (Å²) >= 11 is 0. The van der Waals surface area contributed by atoms with E-state index in [0.717, 1.165) is 17.8 Å². The summed E-state index contributed by atoms with van der Waals surface area (Å²) in [6, 6.07) is 4.13. The highest BCUT2D eigenvalue weighted by Crippen LogP contribution is 2.09. The molecule has 0 aliphatic carbocycles. The average Bonchev–Trinajstić information content (AvgIpc) is 2.52. The standard InChI is InChI=1S/C10H12N2/c1-3-9-7-12-6-4-5-10(12)8(2)11-9/h4-7H,3H2,1-2H3. The highest BCUT2D eigenvalue weighted by molar-refractivity contribution is 5.51. The largest absolute Gasteiger partial charge is 0.320 e. The first-order chi connectivity index (χ1) is 5.81. The molecule has 0 bridgehead atoms. The van der Waals surface area contributed by atoms with Crippen LogP contribution in [0, 0.1) is 6.92 Å². The van der Waals surface area contributed by atoms with E-state index in [1.54, 1.807) is 0 Å². The molecule has 2 heteroatoms. The maximum Gasteiger partial charge on any atom is 0.0664 e. The molecule has 0 radical (unpaired) electrons. The zero-order chi connectivity index (χ0) is 8.55. The highest BCUT2D eigenvalue weighted by Gasteiger charge is 1.99. The molecule has 0 aromatic carbocycles. The van der Waals surface area contributed by atoms with E-state index in [1.807, 2.05) is 6.07 Å². The number of fused-ring (bicyclic) bond motifs is 1. The highest BCUT2D eigenvalue weighted by atomic mass is 14.9. The molecule has 0 unspecified atom stereocenters. The third-order valence-corrected chi connectivity index (χ3v) is 2.11. The third-order valence-electron chi connectivity index (χ3n) is 2.11. The Morgan fingerprint density at radius 1 is 1.50 bits per heavy atom. The molecular weight excluding hydrogens is 148 g/mol. The van der Waals surface area contributed by atoms with E-state index in [9.17, 15) is 0 Å². The van der Waals surface area contributed by atoms with Crippen LogP contribution in [0.1, 0.15) is 18.3 Å². The maximum absolute atomic E-state index is 4.47. The van der Waals surface area contributed by atoms with Crippen molar-refractivity contribution >= 4 is 5.52 Å². The van der Waals surface area contributed by atoms with Gasteiger partial charge in [-0.15, -0.1) is 0 Å². The topological polar surface area (TPSA) is 17.3 Å². The quantitative estimate of drug-likeness (QED) is 0.625. The second-order valence-electron chi connectivity index (χ2n) is 2.97. The lowest BCUT2D eigenvalue weighted by Crippen LogP contribution is -1.95. The monoisotopic (exact) mass is 160 g/mol. The van der Waals surface area contributed by atoms with Crippen LogP contribution in [0.4, 0.5) is 0 Å². The van der Waals surface area contributed by atoms with Crippen LogP contribution in [-0.2, 0) is 6.42 Å². The van der Waals surface area contributed by atoms with E-state index >= 15 is 0 Å². The van der Waals surface area contributed by atoms with Gasteiger partial charge < -0.3 is 4.40 Å².